The highest BCUT2D eigenvalue weighted by molar-refractivity contribution is 5.76. The van der Waals surface area contributed by atoms with E-state index < -0.39 is 0 Å². The molecule has 0 unspecified atom stereocenters. The molecule has 96 valence electrons. The van der Waals surface area contributed by atoms with Gasteiger partial charge in [-0.05, 0) is 31.2 Å². The number of pyridine rings is 1. The molecular formula is C14H15N5. The third-order valence-electron chi connectivity index (χ3n) is 3.12. The third-order valence-corrected chi connectivity index (χ3v) is 3.12. The zero-order valence-electron chi connectivity index (χ0n) is 10.7. The van der Waals surface area contributed by atoms with Crippen LogP contribution >= 0.6 is 0 Å². The summed E-state index contributed by atoms with van der Waals surface area (Å²) in [7, 11) is 0. The van der Waals surface area contributed by atoms with Crippen molar-refractivity contribution >= 4 is 5.65 Å². The Morgan fingerprint density at radius 3 is 2.79 bits per heavy atom. The molecule has 0 fully saturated rings. The minimum Gasteiger partial charge on any atom is -0.330 e. The van der Waals surface area contributed by atoms with Crippen molar-refractivity contribution in [2.24, 2.45) is 5.73 Å². The number of aromatic nitrogens is 4. The lowest BCUT2D eigenvalue weighted by Crippen LogP contribution is -2.02. The quantitative estimate of drug-likeness (QED) is 0.769. The van der Waals surface area contributed by atoms with Crippen LogP contribution in [0.5, 0.6) is 0 Å². The van der Waals surface area contributed by atoms with E-state index in [0.29, 0.717) is 6.54 Å². The lowest BCUT2D eigenvalue weighted by molar-refractivity contribution is 0.933. The summed E-state index contributed by atoms with van der Waals surface area (Å²) < 4.78 is 2.01. The van der Waals surface area contributed by atoms with E-state index in [2.05, 4.69) is 15.0 Å². The molecule has 0 aliphatic heterocycles. The summed E-state index contributed by atoms with van der Waals surface area (Å²) in [5.74, 6) is 0.920. The summed E-state index contributed by atoms with van der Waals surface area (Å²) in [4.78, 5) is 13.1. The van der Waals surface area contributed by atoms with Crippen LogP contribution in [-0.2, 0) is 6.42 Å². The van der Waals surface area contributed by atoms with Crippen LogP contribution in [0.1, 0.15) is 11.5 Å². The molecule has 0 aliphatic rings. The zero-order chi connectivity index (χ0) is 13.2. The highest BCUT2D eigenvalue weighted by atomic mass is 15.1. The second-order valence-electron chi connectivity index (χ2n) is 4.42. The molecule has 0 saturated carbocycles. The molecule has 0 spiro atoms. The fraction of sp³-hybridized carbons (Fsp3) is 0.214. The van der Waals surface area contributed by atoms with Gasteiger partial charge < -0.3 is 5.73 Å². The molecule has 3 heterocycles. The minimum absolute atomic E-state index is 0.598. The topological polar surface area (TPSA) is 69.1 Å². The van der Waals surface area contributed by atoms with Gasteiger partial charge in [-0.25, -0.2) is 9.97 Å². The normalized spacial score (nSPS) is 11.1. The average Bonchev–Trinajstić information content (AvgIpc) is 2.85. The van der Waals surface area contributed by atoms with Crippen molar-refractivity contribution in [3.05, 3.63) is 48.4 Å². The van der Waals surface area contributed by atoms with Crippen molar-refractivity contribution in [2.45, 2.75) is 13.3 Å². The first-order valence-corrected chi connectivity index (χ1v) is 6.23. The van der Waals surface area contributed by atoms with Gasteiger partial charge in [-0.3, -0.25) is 9.38 Å². The van der Waals surface area contributed by atoms with Gasteiger partial charge >= 0.3 is 0 Å². The maximum Gasteiger partial charge on any atom is 0.147 e. The molecule has 0 saturated heterocycles. The van der Waals surface area contributed by atoms with E-state index in [9.17, 15) is 0 Å². The van der Waals surface area contributed by atoms with E-state index in [0.717, 1.165) is 34.7 Å². The monoisotopic (exact) mass is 253 g/mol. The van der Waals surface area contributed by atoms with Crippen LogP contribution in [0.25, 0.3) is 16.8 Å². The second-order valence-corrected chi connectivity index (χ2v) is 4.42. The first kappa shape index (κ1) is 11.8. The molecule has 0 aliphatic carbocycles. The summed E-state index contributed by atoms with van der Waals surface area (Å²) in [5.41, 5.74) is 9.59. The smallest absolute Gasteiger partial charge is 0.147 e. The highest BCUT2D eigenvalue weighted by Crippen LogP contribution is 2.23. The second kappa shape index (κ2) is 4.78. The molecule has 0 bridgehead atoms. The van der Waals surface area contributed by atoms with Gasteiger partial charge in [0.25, 0.3) is 0 Å². The number of hydrogen-bond acceptors (Lipinski definition) is 4. The van der Waals surface area contributed by atoms with Gasteiger partial charge in [0.1, 0.15) is 11.5 Å². The first-order chi connectivity index (χ1) is 9.29. The van der Waals surface area contributed by atoms with Gasteiger partial charge in [0.2, 0.25) is 0 Å². The number of imidazole rings is 1. The maximum atomic E-state index is 5.60. The standard InChI is InChI=1S/C14H15N5/c1-10-17-8-13(11-3-6-16-7-4-11)14-18-12(2-5-15)9-19(10)14/h3-4,6-9H,2,5,15H2,1H3. The van der Waals surface area contributed by atoms with Crippen molar-refractivity contribution < 1.29 is 0 Å². The number of fused-ring (bicyclic) bond motifs is 1. The van der Waals surface area contributed by atoms with Crippen LogP contribution in [0, 0.1) is 6.92 Å². The van der Waals surface area contributed by atoms with Crippen LogP contribution in [0.4, 0.5) is 0 Å². The molecule has 0 atom stereocenters. The summed E-state index contributed by atoms with van der Waals surface area (Å²) in [5, 5.41) is 0. The van der Waals surface area contributed by atoms with Gasteiger partial charge in [-0.1, -0.05) is 0 Å². The Hall–Kier alpha value is -2.27. The Kier molecular flexibility index (Phi) is 2.97. The first-order valence-electron chi connectivity index (χ1n) is 6.23. The van der Waals surface area contributed by atoms with Crippen molar-refractivity contribution in [1.29, 1.82) is 0 Å². The molecule has 3 aromatic rings. The Labute approximate surface area is 111 Å². The summed E-state index contributed by atoms with van der Waals surface area (Å²) in [6, 6.07) is 3.92. The van der Waals surface area contributed by atoms with Gasteiger partial charge in [0.15, 0.2) is 0 Å². The number of nitrogens with zero attached hydrogens (tertiary/aromatic N) is 4. The number of rotatable bonds is 3. The Morgan fingerprint density at radius 1 is 1.26 bits per heavy atom. The number of aryl methyl sites for hydroxylation is 1. The van der Waals surface area contributed by atoms with Gasteiger partial charge in [-0.2, -0.15) is 0 Å². The summed E-state index contributed by atoms with van der Waals surface area (Å²) in [6.07, 6.45) is 8.19. The van der Waals surface area contributed by atoms with Crippen molar-refractivity contribution in [3.63, 3.8) is 0 Å². The zero-order valence-corrected chi connectivity index (χ0v) is 10.7. The number of nitrogens with two attached hydrogens (primary N) is 1. The molecule has 0 radical (unpaired) electrons. The Morgan fingerprint density at radius 2 is 2.05 bits per heavy atom. The van der Waals surface area contributed by atoms with E-state index in [4.69, 9.17) is 5.73 Å². The van der Waals surface area contributed by atoms with E-state index in [1.165, 1.54) is 0 Å². The molecule has 3 rings (SSSR count). The van der Waals surface area contributed by atoms with Gasteiger partial charge in [-0.15, -0.1) is 0 Å². The van der Waals surface area contributed by atoms with E-state index >= 15 is 0 Å². The minimum atomic E-state index is 0.598. The number of hydrogen-bond donors (Lipinski definition) is 1. The van der Waals surface area contributed by atoms with Crippen LogP contribution in [0.3, 0.4) is 0 Å². The van der Waals surface area contributed by atoms with E-state index in [1.807, 2.05) is 35.9 Å². The fourth-order valence-corrected chi connectivity index (χ4v) is 2.15. The fourth-order valence-electron chi connectivity index (χ4n) is 2.15. The van der Waals surface area contributed by atoms with Crippen LogP contribution in [0.2, 0.25) is 0 Å². The third kappa shape index (κ3) is 2.08. The molecule has 0 aromatic carbocycles. The molecule has 3 aromatic heterocycles. The summed E-state index contributed by atoms with van der Waals surface area (Å²) >= 11 is 0. The van der Waals surface area contributed by atoms with Crippen molar-refractivity contribution in [3.8, 4) is 11.1 Å². The van der Waals surface area contributed by atoms with Gasteiger partial charge in [0, 0.05) is 36.8 Å². The molecule has 2 N–H and O–H groups in total. The molecule has 5 heteroatoms. The summed E-state index contributed by atoms with van der Waals surface area (Å²) in [6.45, 7) is 2.57. The lowest BCUT2D eigenvalue weighted by atomic mass is 10.1. The van der Waals surface area contributed by atoms with Crippen LogP contribution < -0.4 is 5.73 Å². The van der Waals surface area contributed by atoms with Crippen molar-refractivity contribution in [2.75, 3.05) is 6.54 Å². The molecular weight excluding hydrogens is 238 g/mol. The predicted molar refractivity (Wildman–Crippen MR) is 73.7 cm³/mol. The largest absolute Gasteiger partial charge is 0.330 e. The maximum absolute atomic E-state index is 5.60. The van der Waals surface area contributed by atoms with E-state index in [-0.39, 0.29) is 0 Å². The van der Waals surface area contributed by atoms with E-state index in [1.54, 1.807) is 12.4 Å². The molecule has 5 nitrogen and oxygen atoms in total. The van der Waals surface area contributed by atoms with Crippen LogP contribution in [0.15, 0.2) is 36.9 Å². The van der Waals surface area contributed by atoms with Crippen molar-refractivity contribution in [1.82, 2.24) is 19.4 Å². The average molecular weight is 253 g/mol. The SMILES string of the molecule is Cc1ncc(-c2ccncc2)c2nc(CCN)cn12. The van der Waals surface area contributed by atoms with Crippen LogP contribution in [-0.4, -0.2) is 25.9 Å². The molecule has 19 heavy (non-hydrogen) atoms. The highest BCUT2D eigenvalue weighted by Gasteiger charge is 2.10. The molecule has 0 amide bonds. The van der Waals surface area contributed by atoms with Gasteiger partial charge in [0.05, 0.1) is 5.69 Å². The predicted octanol–water partition coefficient (Wildman–Crippen LogP) is 1.60. The lowest BCUT2D eigenvalue weighted by Gasteiger charge is -2.05. The Balaban J connectivity index is 2.23. The Bertz CT molecular complexity index is 702.